The van der Waals surface area contributed by atoms with Gasteiger partial charge in [-0.3, -0.25) is 14.9 Å². The van der Waals surface area contributed by atoms with Crippen LogP contribution in [0, 0.1) is 16.0 Å². The molecule has 0 saturated carbocycles. The molecule has 0 radical (unpaired) electrons. The summed E-state index contributed by atoms with van der Waals surface area (Å²) in [5.41, 5.74) is 0.248. The zero-order valence-electron chi connectivity index (χ0n) is 13.1. The fourth-order valence-electron chi connectivity index (χ4n) is 2.02. The van der Waals surface area contributed by atoms with Gasteiger partial charge < -0.3 is 15.7 Å². The fourth-order valence-corrected chi connectivity index (χ4v) is 2.02. The molecule has 0 heterocycles. The first-order chi connectivity index (χ1) is 10.9. The molecule has 0 unspecified atom stereocenters. The predicted octanol–water partition coefficient (Wildman–Crippen LogP) is 2.01. The molecule has 0 bridgehead atoms. The molecule has 1 aromatic rings. The van der Waals surface area contributed by atoms with Crippen molar-refractivity contribution < 1.29 is 19.6 Å². The third kappa shape index (κ3) is 5.57. The first-order valence-corrected chi connectivity index (χ1v) is 7.36. The van der Waals surface area contributed by atoms with Crippen molar-refractivity contribution in [3.05, 3.63) is 34.4 Å². The molecule has 3 N–H and O–H groups in total. The first-order valence-electron chi connectivity index (χ1n) is 7.36. The molecule has 1 rings (SSSR count). The molecular weight excluding hydrogens is 302 g/mol. The molecule has 1 amide bonds. The van der Waals surface area contributed by atoms with E-state index >= 15 is 0 Å². The van der Waals surface area contributed by atoms with Gasteiger partial charge in [0.15, 0.2) is 0 Å². The minimum Gasteiger partial charge on any atom is -0.480 e. The lowest BCUT2D eigenvalue weighted by atomic mass is 9.99. The van der Waals surface area contributed by atoms with Crippen molar-refractivity contribution in [1.29, 1.82) is 0 Å². The molecule has 0 aromatic heterocycles. The molecule has 8 heteroatoms. The molecule has 2 atom stereocenters. The number of aliphatic carboxylic acids is 1. The Labute approximate surface area is 134 Å². The summed E-state index contributed by atoms with van der Waals surface area (Å²) < 4.78 is 0. The Kier molecular flexibility index (Phi) is 6.98. The van der Waals surface area contributed by atoms with Gasteiger partial charge in [0.2, 0.25) is 5.91 Å². The molecule has 0 spiro atoms. The molecule has 0 aliphatic rings. The smallest absolute Gasteiger partial charge is 0.326 e. The van der Waals surface area contributed by atoms with Gasteiger partial charge in [-0.15, -0.1) is 0 Å². The molecule has 0 aliphatic heterocycles. The number of carboxylic acid groups (broad SMARTS) is 1. The van der Waals surface area contributed by atoms with Crippen LogP contribution >= 0.6 is 0 Å². The standard InChI is InChI=1S/C15H21N3O5/c1-3-10(2)14(15(20)21)17-13(19)8-9-16-11-6-4-5-7-12(11)18(22)23/h4-7,10,14,16H,3,8-9H2,1-2H3,(H,17,19)(H,20,21)/t10-,14-/m0/s1. The SMILES string of the molecule is CC[C@H](C)[C@H](NC(=O)CCNc1ccccc1[N+](=O)[O-])C(=O)O. The lowest BCUT2D eigenvalue weighted by Gasteiger charge is -2.20. The Morgan fingerprint density at radius 2 is 2.00 bits per heavy atom. The van der Waals surface area contributed by atoms with Gasteiger partial charge in [-0.2, -0.15) is 0 Å². The van der Waals surface area contributed by atoms with Gasteiger partial charge in [0.05, 0.1) is 4.92 Å². The average Bonchev–Trinajstić information content (AvgIpc) is 2.51. The van der Waals surface area contributed by atoms with Gasteiger partial charge in [0.25, 0.3) is 5.69 Å². The molecular formula is C15H21N3O5. The number of nitro benzene ring substituents is 1. The number of para-hydroxylation sites is 2. The molecule has 1 aromatic carbocycles. The van der Waals surface area contributed by atoms with E-state index in [-0.39, 0.29) is 24.6 Å². The van der Waals surface area contributed by atoms with Gasteiger partial charge in [-0.25, -0.2) is 4.79 Å². The summed E-state index contributed by atoms with van der Waals surface area (Å²) in [6, 6.07) is 5.19. The Morgan fingerprint density at radius 3 is 2.57 bits per heavy atom. The van der Waals surface area contributed by atoms with E-state index in [2.05, 4.69) is 10.6 Å². The number of anilines is 1. The van der Waals surface area contributed by atoms with Crippen LogP contribution in [0.15, 0.2) is 24.3 Å². The quantitative estimate of drug-likeness (QED) is 0.472. The predicted molar refractivity (Wildman–Crippen MR) is 85.2 cm³/mol. The maximum absolute atomic E-state index is 11.8. The molecule has 23 heavy (non-hydrogen) atoms. The number of carbonyl (C=O) groups is 2. The van der Waals surface area contributed by atoms with Crippen molar-refractivity contribution in [2.45, 2.75) is 32.7 Å². The van der Waals surface area contributed by atoms with Gasteiger partial charge in [0, 0.05) is 19.0 Å². The van der Waals surface area contributed by atoms with E-state index in [1.165, 1.54) is 6.07 Å². The number of nitrogens with zero attached hydrogens (tertiary/aromatic N) is 1. The van der Waals surface area contributed by atoms with Crippen LogP contribution in [-0.2, 0) is 9.59 Å². The van der Waals surface area contributed by atoms with E-state index < -0.39 is 22.8 Å². The molecule has 8 nitrogen and oxygen atoms in total. The van der Waals surface area contributed by atoms with Crippen molar-refractivity contribution in [1.82, 2.24) is 5.32 Å². The maximum Gasteiger partial charge on any atom is 0.326 e. The maximum atomic E-state index is 11.8. The van der Waals surface area contributed by atoms with Gasteiger partial charge in [-0.1, -0.05) is 32.4 Å². The summed E-state index contributed by atoms with van der Waals surface area (Å²) in [6.45, 7) is 3.77. The summed E-state index contributed by atoms with van der Waals surface area (Å²) >= 11 is 0. The second-order valence-electron chi connectivity index (χ2n) is 5.22. The van der Waals surface area contributed by atoms with Crippen molar-refractivity contribution in [2.75, 3.05) is 11.9 Å². The van der Waals surface area contributed by atoms with Crippen LogP contribution in [0.2, 0.25) is 0 Å². The summed E-state index contributed by atoms with van der Waals surface area (Å²) in [5, 5.41) is 25.3. The third-order valence-electron chi connectivity index (χ3n) is 3.56. The van der Waals surface area contributed by atoms with Crippen LogP contribution in [0.3, 0.4) is 0 Å². The minimum atomic E-state index is -1.07. The number of rotatable bonds is 9. The zero-order chi connectivity index (χ0) is 17.4. The second kappa shape index (κ2) is 8.72. The average molecular weight is 323 g/mol. The number of hydrogen-bond donors (Lipinski definition) is 3. The van der Waals surface area contributed by atoms with E-state index in [0.717, 1.165) is 0 Å². The number of nitrogens with one attached hydrogen (secondary N) is 2. The second-order valence-corrected chi connectivity index (χ2v) is 5.22. The Bertz CT molecular complexity index is 576. The van der Waals surface area contributed by atoms with Crippen LogP contribution in [0.1, 0.15) is 26.7 Å². The lowest BCUT2D eigenvalue weighted by Crippen LogP contribution is -2.45. The number of benzene rings is 1. The number of nitro groups is 1. The fraction of sp³-hybridized carbons (Fsp3) is 0.467. The summed E-state index contributed by atoms with van der Waals surface area (Å²) in [6.07, 6.45) is 0.651. The van der Waals surface area contributed by atoms with E-state index in [9.17, 15) is 19.7 Å². The van der Waals surface area contributed by atoms with Gasteiger partial charge in [-0.05, 0) is 12.0 Å². The number of carboxylic acids is 1. The van der Waals surface area contributed by atoms with Crippen molar-refractivity contribution in [3.63, 3.8) is 0 Å². The Morgan fingerprint density at radius 1 is 1.35 bits per heavy atom. The molecule has 0 aliphatic carbocycles. The normalized spacial score (nSPS) is 13.0. The van der Waals surface area contributed by atoms with Crippen LogP contribution < -0.4 is 10.6 Å². The van der Waals surface area contributed by atoms with Crippen molar-refractivity contribution in [2.24, 2.45) is 5.92 Å². The van der Waals surface area contributed by atoms with E-state index in [0.29, 0.717) is 12.1 Å². The first kappa shape index (κ1) is 18.4. The Balaban J connectivity index is 2.54. The number of hydrogen-bond acceptors (Lipinski definition) is 5. The van der Waals surface area contributed by atoms with Crippen LogP contribution in [0.4, 0.5) is 11.4 Å². The van der Waals surface area contributed by atoms with Crippen molar-refractivity contribution >= 4 is 23.3 Å². The van der Waals surface area contributed by atoms with Crippen LogP contribution in [-0.4, -0.2) is 34.5 Å². The van der Waals surface area contributed by atoms with Crippen LogP contribution in [0.5, 0.6) is 0 Å². The monoisotopic (exact) mass is 323 g/mol. The van der Waals surface area contributed by atoms with Gasteiger partial charge in [0.1, 0.15) is 11.7 Å². The molecule has 0 fully saturated rings. The zero-order valence-corrected chi connectivity index (χ0v) is 13.1. The molecule has 0 saturated heterocycles. The van der Waals surface area contributed by atoms with E-state index in [1.807, 2.05) is 6.92 Å². The van der Waals surface area contributed by atoms with E-state index in [1.54, 1.807) is 25.1 Å². The number of amides is 1. The Hall–Kier alpha value is -2.64. The highest BCUT2D eigenvalue weighted by Crippen LogP contribution is 2.22. The van der Waals surface area contributed by atoms with Crippen LogP contribution in [0.25, 0.3) is 0 Å². The largest absolute Gasteiger partial charge is 0.480 e. The summed E-state index contributed by atoms with van der Waals surface area (Å²) in [5.74, 6) is -1.66. The van der Waals surface area contributed by atoms with Gasteiger partial charge >= 0.3 is 5.97 Å². The van der Waals surface area contributed by atoms with Crippen molar-refractivity contribution in [3.8, 4) is 0 Å². The minimum absolute atomic E-state index is 0.0201. The topological polar surface area (TPSA) is 122 Å². The summed E-state index contributed by atoms with van der Waals surface area (Å²) in [7, 11) is 0. The number of carbonyl (C=O) groups excluding carboxylic acids is 1. The highest BCUT2D eigenvalue weighted by atomic mass is 16.6. The highest BCUT2D eigenvalue weighted by Gasteiger charge is 2.25. The lowest BCUT2D eigenvalue weighted by molar-refractivity contribution is -0.384. The highest BCUT2D eigenvalue weighted by molar-refractivity contribution is 5.84. The summed E-state index contributed by atoms with van der Waals surface area (Å²) in [4.78, 5) is 33.3. The van der Waals surface area contributed by atoms with E-state index in [4.69, 9.17) is 5.11 Å². The third-order valence-corrected chi connectivity index (χ3v) is 3.56. The molecule has 126 valence electrons.